The van der Waals surface area contributed by atoms with Crippen molar-refractivity contribution in [1.82, 2.24) is 5.32 Å². The second-order valence-corrected chi connectivity index (χ2v) is 6.95. The summed E-state index contributed by atoms with van der Waals surface area (Å²) in [6.45, 7) is 1.84. The molecule has 0 aliphatic heterocycles. The van der Waals surface area contributed by atoms with Gasteiger partial charge in [0.1, 0.15) is 5.70 Å². The molecule has 0 saturated heterocycles. The van der Waals surface area contributed by atoms with Crippen molar-refractivity contribution in [1.29, 1.82) is 0 Å². The number of esters is 1. The normalized spacial score (nSPS) is 10.8. The van der Waals surface area contributed by atoms with Crippen molar-refractivity contribution in [2.45, 2.75) is 6.92 Å². The van der Waals surface area contributed by atoms with Crippen LogP contribution in [0.4, 0.5) is 11.4 Å². The van der Waals surface area contributed by atoms with Gasteiger partial charge in [0.15, 0.2) is 0 Å². The molecule has 0 atom stereocenters. The average Bonchev–Trinajstić information content (AvgIpc) is 2.85. The van der Waals surface area contributed by atoms with Crippen molar-refractivity contribution >= 4 is 35.2 Å². The molecule has 0 unspecified atom stereocenters. The van der Waals surface area contributed by atoms with E-state index in [4.69, 9.17) is 4.74 Å². The number of nitro groups is 1. The summed E-state index contributed by atoms with van der Waals surface area (Å²) in [4.78, 5) is 48.5. The molecule has 0 aromatic heterocycles. The van der Waals surface area contributed by atoms with E-state index in [-0.39, 0.29) is 29.2 Å². The summed E-state index contributed by atoms with van der Waals surface area (Å²) in [6.07, 6.45) is 1.38. The van der Waals surface area contributed by atoms with E-state index >= 15 is 0 Å². The first-order valence-corrected chi connectivity index (χ1v) is 10.3. The van der Waals surface area contributed by atoms with Gasteiger partial charge >= 0.3 is 5.97 Å². The molecule has 0 bridgehead atoms. The molecular formula is C25H21N3O6. The summed E-state index contributed by atoms with van der Waals surface area (Å²) in [5, 5.41) is 16.1. The number of nitrogens with one attached hydrogen (secondary N) is 2. The fourth-order valence-corrected chi connectivity index (χ4v) is 2.97. The van der Waals surface area contributed by atoms with Crippen LogP contribution in [0.1, 0.15) is 33.2 Å². The average molecular weight is 459 g/mol. The number of non-ortho nitro benzene ring substituents is 1. The Hall–Kier alpha value is -4.79. The predicted molar refractivity (Wildman–Crippen MR) is 126 cm³/mol. The SMILES string of the molecule is CCOC(=O)c1ccccc1NC(=O)C(=Cc1ccc([N+](=O)[O-])cc1)NC(=O)c1ccccc1. The number of para-hydroxylation sites is 1. The van der Waals surface area contributed by atoms with Crippen molar-refractivity contribution in [3.05, 3.63) is 111 Å². The maximum atomic E-state index is 13.1. The number of ether oxygens (including phenoxy) is 1. The summed E-state index contributed by atoms with van der Waals surface area (Å²) in [7, 11) is 0. The molecule has 0 saturated carbocycles. The van der Waals surface area contributed by atoms with Gasteiger partial charge in [0.2, 0.25) is 0 Å². The van der Waals surface area contributed by atoms with Gasteiger partial charge in [-0.3, -0.25) is 19.7 Å². The van der Waals surface area contributed by atoms with Gasteiger partial charge in [-0.25, -0.2) is 4.79 Å². The topological polar surface area (TPSA) is 128 Å². The Balaban J connectivity index is 1.93. The second kappa shape index (κ2) is 11.2. The number of hydrogen-bond acceptors (Lipinski definition) is 6. The van der Waals surface area contributed by atoms with Gasteiger partial charge in [-0.05, 0) is 55.0 Å². The fourth-order valence-electron chi connectivity index (χ4n) is 2.97. The summed E-state index contributed by atoms with van der Waals surface area (Å²) < 4.78 is 5.03. The van der Waals surface area contributed by atoms with Crippen LogP contribution in [0.25, 0.3) is 6.08 Å². The molecule has 3 aromatic carbocycles. The summed E-state index contributed by atoms with van der Waals surface area (Å²) in [6, 6.07) is 20.1. The van der Waals surface area contributed by atoms with Crippen molar-refractivity contribution in [3.63, 3.8) is 0 Å². The summed E-state index contributed by atoms with van der Waals surface area (Å²) in [5.74, 6) is -1.82. The van der Waals surface area contributed by atoms with Crippen LogP contribution in [-0.4, -0.2) is 29.3 Å². The van der Waals surface area contributed by atoms with E-state index in [1.807, 2.05) is 0 Å². The van der Waals surface area contributed by atoms with Crippen molar-refractivity contribution in [2.24, 2.45) is 0 Å². The van der Waals surface area contributed by atoms with Crippen LogP contribution in [0.15, 0.2) is 84.6 Å². The molecule has 0 heterocycles. The number of carbonyl (C=O) groups is 3. The van der Waals surface area contributed by atoms with Gasteiger partial charge in [0.05, 0.1) is 22.8 Å². The highest BCUT2D eigenvalue weighted by atomic mass is 16.6. The van der Waals surface area contributed by atoms with Crippen LogP contribution < -0.4 is 10.6 Å². The number of carbonyl (C=O) groups excluding carboxylic acids is 3. The zero-order chi connectivity index (χ0) is 24.5. The Kier molecular flexibility index (Phi) is 7.85. The summed E-state index contributed by atoms with van der Waals surface area (Å²) in [5.41, 5.74) is 0.900. The highest BCUT2D eigenvalue weighted by Gasteiger charge is 2.19. The van der Waals surface area contributed by atoms with E-state index in [0.29, 0.717) is 11.1 Å². The van der Waals surface area contributed by atoms with Crippen LogP contribution in [0.3, 0.4) is 0 Å². The van der Waals surface area contributed by atoms with Crippen molar-refractivity contribution in [2.75, 3.05) is 11.9 Å². The largest absolute Gasteiger partial charge is 0.462 e. The highest BCUT2D eigenvalue weighted by Crippen LogP contribution is 2.19. The molecule has 0 aliphatic rings. The molecule has 172 valence electrons. The molecule has 2 N–H and O–H groups in total. The smallest absolute Gasteiger partial charge is 0.340 e. The molecule has 2 amide bonds. The maximum absolute atomic E-state index is 13.1. The van der Waals surface area contributed by atoms with E-state index in [2.05, 4.69) is 10.6 Å². The Morgan fingerprint density at radius 2 is 1.59 bits per heavy atom. The fraction of sp³-hybridized carbons (Fsp3) is 0.0800. The van der Waals surface area contributed by atoms with Gasteiger partial charge in [0.25, 0.3) is 17.5 Å². The quantitative estimate of drug-likeness (QED) is 0.225. The first-order chi connectivity index (χ1) is 16.4. The molecule has 9 heteroatoms. The number of rotatable bonds is 8. The monoisotopic (exact) mass is 459 g/mol. The molecule has 3 rings (SSSR count). The van der Waals surface area contributed by atoms with E-state index < -0.39 is 22.7 Å². The Morgan fingerprint density at radius 1 is 0.941 bits per heavy atom. The Morgan fingerprint density at radius 3 is 2.24 bits per heavy atom. The lowest BCUT2D eigenvalue weighted by molar-refractivity contribution is -0.384. The lowest BCUT2D eigenvalue weighted by atomic mass is 10.1. The second-order valence-electron chi connectivity index (χ2n) is 6.95. The molecule has 34 heavy (non-hydrogen) atoms. The predicted octanol–water partition coefficient (Wildman–Crippen LogP) is 4.18. The molecule has 0 aliphatic carbocycles. The molecule has 9 nitrogen and oxygen atoms in total. The number of amides is 2. The third-order valence-corrected chi connectivity index (χ3v) is 4.61. The van der Waals surface area contributed by atoms with Crippen LogP contribution >= 0.6 is 0 Å². The maximum Gasteiger partial charge on any atom is 0.340 e. The van der Waals surface area contributed by atoms with E-state index in [1.165, 1.54) is 42.5 Å². The first-order valence-electron chi connectivity index (χ1n) is 10.3. The number of benzene rings is 3. The first kappa shape index (κ1) is 23.9. The number of nitro benzene ring substituents is 1. The van der Waals surface area contributed by atoms with E-state index in [0.717, 1.165) is 0 Å². The third-order valence-electron chi connectivity index (χ3n) is 4.61. The molecule has 0 radical (unpaired) electrons. The zero-order valence-electron chi connectivity index (χ0n) is 18.2. The van der Waals surface area contributed by atoms with Crippen LogP contribution in [-0.2, 0) is 9.53 Å². The minimum absolute atomic E-state index is 0.111. The Labute approximate surface area is 195 Å². The Bertz CT molecular complexity index is 1240. The van der Waals surface area contributed by atoms with Crippen LogP contribution in [0, 0.1) is 10.1 Å². The van der Waals surface area contributed by atoms with E-state index in [1.54, 1.807) is 49.4 Å². The van der Waals surface area contributed by atoms with Crippen LogP contribution in [0.2, 0.25) is 0 Å². The number of nitrogens with zero attached hydrogens (tertiary/aromatic N) is 1. The van der Waals surface area contributed by atoms with Gasteiger partial charge in [-0.2, -0.15) is 0 Å². The molecule has 3 aromatic rings. The van der Waals surface area contributed by atoms with Gasteiger partial charge in [-0.15, -0.1) is 0 Å². The highest BCUT2D eigenvalue weighted by molar-refractivity contribution is 6.12. The standard InChI is InChI=1S/C25H21N3O6/c1-2-34-25(31)20-10-6-7-11-21(20)26-24(30)22(27-23(29)18-8-4-3-5-9-18)16-17-12-14-19(15-13-17)28(32)33/h3-16H,2H2,1H3,(H,26,30)(H,27,29). The molecule has 0 spiro atoms. The zero-order valence-corrected chi connectivity index (χ0v) is 18.2. The number of hydrogen-bond donors (Lipinski definition) is 2. The third kappa shape index (κ3) is 6.13. The van der Waals surface area contributed by atoms with Crippen molar-refractivity contribution < 1.29 is 24.0 Å². The minimum atomic E-state index is -0.695. The van der Waals surface area contributed by atoms with E-state index in [9.17, 15) is 24.5 Å². The van der Waals surface area contributed by atoms with Gasteiger partial charge < -0.3 is 15.4 Å². The molecular weight excluding hydrogens is 438 g/mol. The summed E-state index contributed by atoms with van der Waals surface area (Å²) >= 11 is 0. The molecule has 0 fully saturated rings. The number of anilines is 1. The van der Waals surface area contributed by atoms with Crippen molar-refractivity contribution in [3.8, 4) is 0 Å². The van der Waals surface area contributed by atoms with Crippen LogP contribution in [0.5, 0.6) is 0 Å². The lowest BCUT2D eigenvalue weighted by Crippen LogP contribution is -2.31. The van der Waals surface area contributed by atoms with Gasteiger partial charge in [0, 0.05) is 17.7 Å². The minimum Gasteiger partial charge on any atom is -0.462 e. The van der Waals surface area contributed by atoms with Gasteiger partial charge in [-0.1, -0.05) is 30.3 Å². The lowest BCUT2D eigenvalue weighted by Gasteiger charge is -2.13.